The second-order valence-electron chi connectivity index (χ2n) is 10.9. The molecule has 1 aliphatic heterocycles. The van der Waals surface area contributed by atoms with E-state index in [0.717, 1.165) is 5.56 Å². The summed E-state index contributed by atoms with van der Waals surface area (Å²) in [5.74, 6) is 8.20. The van der Waals surface area contributed by atoms with E-state index in [1.807, 2.05) is 34.9 Å². The van der Waals surface area contributed by atoms with Crippen LogP contribution in [0.25, 0.3) is 0 Å². The van der Waals surface area contributed by atoms with Crippen molar-refractivity contribution in [3.63, 3.8) is 0 Å². The Morgan fingerprint density at radius 3 is 1.21 bits per heavy atom. The molecule has 0 unspecified atom stereocenters. The van der Waals surface area contributed by atoms with Crippen LogP contribution in [0.3, 0.4) is 0 Å². The van der Waals surface area contributed by atoms with E-state index in [4.69, 9.17) is 19.4 Å². The second-order valence-corrected chi connectivity index (χ2v) is 23.4. The van der Waals surface area contributed by atoms with Crippen molar-refractivity contribution in [3.05, 3.63) is 35.9 Å². The number of halogens is 2. The molecule has 0 radical (unpaired) electrons. The van der Waals surface area contributed by atoms with Crippen LogP contribution in [0.1, 0.15) is 102 Å². The summed E-state index contributed by atoms with van der Waals surface area (Å²) < 4.78 is 1.92. The molecule has 4 fully saturated rings. The van der Waals surface area contributed by atoms with Crippen LogP contribution in [0.4, 0.5) is 0 Å². The third kappa shape index (κ3) is 14.8. The van der Waals surface area contributed by atoms with Crippen LogP contribution in [-0.4, -0.2) is 56.1 Å². The zero-order chi connectivity index (χ0) is 26.7. The van der Waals surface area contributed by atoms with Crippen molar-refractivity contribution in [1.29, 1.82) is 0 Å². The summed E-state index contributed by atoms with van der Waals surface area (Å²) in [6, 6.07) is 9.89. The molecule has 0 aromatic heterocycles. The van der Waals surface area contributed by atoms with Gasteiger partial charge in [-0.2, -0.15) is 35.3 Å². The number of rotatable bonds is 4. The first kappa shape index (κ1) is 34.3. The summed E-state index contributed by atoms with van der Waals surface area (Å²) in [6.07, 6.45) is 23.6. The fourth-order valence-corrected chi connectivity index (χ4v) is 16.2. The molecule has 1 aromatic rings. The van der Waals surface area contributed by atoms with Gasteiger partial charge in [0.15, 0.2) is 0 Å². The third-order valence-electron chi connectivity index (χ3n) is 8.10. The summed E-state index contributed by atoms with van der Waals surface area (Å²) in [6.45, 7) is 0. The van der Waals surface area contributed by atoms with Crippen molar-refractivity contribution >= 4 is 67.2 Å². The van der Waals surface area contributed by atoms with Crippen LogP contribution in [0.5, 0.6) is 0 Å². The minimum absolute atomic E-state index is 0.385. The van der Waals surface area contributed by atoms with E-state index in [1.54, 1.807) is 77.0 Å². The van der Waals surface area contributed by atoms with Gasteiger partial charge in [0, 0.05) is 34.5 Å². The second kappa shape index (κ2) is 22.3. The van der Waals surface area contributed by atoms with Gasteiger partial charge in [0.05, 0.1) is 0 Å². The molecule has 38 heavy (non-hydrogen) atoms. The van der Waals surface area contributed by atoms with Gasteiger partial charge >= 0.3 is 73.4 Å². The molecule has 0 bridgehead atoms. The maximum atomic E-state index is 5.67. The Morgan fingerprint density at radius 2 is 0.895 bits per heavy atom. The minimum atomic E-state index is -1.61. The van der Waals surface area contributed by atoms with E-state index in [1.165, 1.54) is 70.8 Å². The summed E-state index contributed by atoms with van der Waals surface area (Å²) in [5, 5.41) is 0. The predicted octanol–water partition coefficient (Wildman–Crippen LogP) is 11.4. The normalized spacial score (nSPS) is 23.0. The fraction of sp³-hybridized carbons (Fsp3) is 0.774. The van der Waals surface area contributed by atoms with Crippen molar-refractivity contribution < 1.29 is 13.5 Å². The van der Waals surface area contributed by atoms with Gasteiger partial charge in [0.2, 0.25) is 0 Å². The monoisotopic (exact) mass is 722 g/mol. The van der Waals surface area contributed by atoms with Crippen LogP contribution in [0.15, 0.2) is 30.3 Å². The molecule has 1 aromatic carbocycles. The molecule has 0 spiro atoms. The average molecular weight is 723 g/mol. The SMILES string of the molecule is C1CCC(P(C2CCCCC2)C2CCCCC2)CC1.C1CSCCSCCS1.[Cl][Ru]([Cl])=[CH]c1ccccc1. The molecule has 3 aliphatic carbocycles. The number of hydrogen-bond donors (Lipinski definition) is 0. The molecule has 3 saturated carbocycles. The third-order valence-corrected chi connectivity index (χ3v) is 17.8. The molecule has 4 aliphatic rings. The van der Waals surface area contributed by atoms with Gasteiger partial charge in [-0.05, 0) is 55.5 Å². The van der Waals surface area contributed by atoms with Crippen LogP contribution in [0.2, 0.25) is 0 Å². The van der Waals surface area contributed by atoms with Gasteiger partial charge in [-0.25, -0.2) is 0 Å². The van der Waals surface area contributed by atoms with E-state index in [9.17, 15) is 0 Å². The Morgan fingerprint density at radius 1 is 0.553 bits per heavy atom. The Hall–Kier alpha value is 1.77. The Bertz CT molecular complexity index is 661. The van der Waals surface area contributed by atoms with Gasteiger partial charge in [0.25, 0.3) is 0 Å². The van der Waals surface area contributed by atoms with Crippen LogP contribution >= 0.6 is 62.6 Å². The molecule has 0 nitrogen and oxygen atoms in total. The molecule has 7 heteroatoms. The van der Waals surface area contributed by atoms with Crippen molar-refractivity contribution in [2.75, 3.05) is 34.5 Å². The van der Waals surface area contributed by atoms with Crippen LogP contribution in [-0.2, 0) is 13.5 Å². The Kier molecular flexibility index (Phi) is 20.1. The van der Waals surface area contributed by atoms with Crippen molar-refractivity contribution in [2.45, 2.75) is 113 Å². The molecule has 0 atom stereocenters. The molecule has 1 saturated heterocycles. The zero-order valence-electron chi connectivity index (χ0n) is 23.3. The van der Waals surface area contributed by atoms with Crippen molar-refractivity contribution in [1.82, 2.24) is 0 Å². The van der Waals surface area contributed by atoms with Crippen LogP contribution in [0, 0.1) is 0 Å². The molecule has 0 amide bonds. The van der Waals surface area contributed by atoms with Gasteiger partial charge in [-0.1, -0.05) is 65.7 Å². The molecular weight excluding hydrogens is 671 g/mol. The van der Waals surface area contributed by atoms with Crippen molar-refractivity contribution in [3.8, 4) is 0 Å². The van der Waals surface area contributed by atoms with E-state index in [2.05, 4.69) is 35.3 Å². The topological polar surface area (TPSA) is 0 Å². The first-order valence-corrected chi connectivity index (χ1v) is 25.6. The van der Waals surface area contributed by atoms with Gasteiger partial charge in [-0.3, -0.25) is 0 Å². The summed E-state index contributed by atoms with van der Waals surface area (Å²) in [7, 11) is 11.7. The molecular formula is C31H51Cl2PRuS3. The Labute approximate surface area is 262 Å². The average Bonchev–Trinajstić information content (AvgIpc) is 3.12. The number of hydrogen-bond acceptors (Lipinski definition) is 3. The van der Waals surface area contributed by atoms with Gasteiger partial charge < -0.3 is 0 Å². The maximum absolute atomic E-state index is 5.67. The van der Waals surface area contributed by atoms with Gasteiger partial charge in [-0.15, -0.1) is 0 Å². The van der Waals surface area contributed by atoms with Crippen molar-refractivity contribution in [2.24, 2.45) is 0 Å². The number of benzene rings is 1. The van der Waals surface area contributed by atoms with Crippen LogP contribution < -0.4 is 0 Å². The van der Waals surface area contributed by atoms with E-state index < -0.39 is 13.5 Å². The van der Waals surface area contributed by atoms with E-state index in [-0.39, 0.29) is 0 Å². The predicted molar refractivity (Wildman–Crippen MR) is 183 cm³/mol. The van der Waals surface area contributed by atoms with E-state index >= 15 is 0 Å². The summed E-state index contributed by atoms with van der Waals surface area (Å²) in [5.41, 5.74) is 4.69. The molecule has 5 rings (SSSR count). The summed E-state index contributed by atoms with van der Waals surface area (Å²) >= 11 is 4.69. The Balaban J connectivity index is 0.000000177. The van der Waals surface area contributed by atoms with Gasteiger partial charge in [0.1, 0.15) is 0 Å². The summed E-state index contributed by atoms with van der Waals surface area (Å²) in [4.78, 5) is 0. The van der Waals surface area contributed by atoms with E-state index in [0.29, 0.717) is 7.92 Å². The standard InChI is InChI=1S/C18H33P.C7H6.C6H12S3.2ClH.Ru/c1-4-10-16(11-5-1)19(17-12-6-2-7-13-17)18-14-8-3-9-15-18;1-7-5-3-2-4-6-7;1-2-8-5-6-9-4-3-7-1;;;/h16-18H,1-15H2;1-6H;1-6H2;2*1H;/q;;;;;+2/p-2. The number of thioether (sulfide) groups is 3. The fourth-order valence-electron chi connectivity index (χ4n) is 6.30. The molecule has 0 N–H and O–H groups in total. The first-order valence-electron chi connectivity index (χ1n) is 15.1. The first-order chi connectivity index (χ1) is 18.7. The molecule has 1 heterocycles. The quantitative estimate of drug-likeness (QED) is 0.224. The zero-order valence-corrected chi connectivity index (χ0v) is 29.9. The molecule has 220 valence electrons.